The van der Waals surface area contributed by atoms with Crippen LogP contribution in [0.5, 0.6) is 23.0 Å². The average molecular weight is 491 g/mol. The Labute approximate surface area is 207 Å². The summed E-state index contributed by atoms with van der Waals surface area (Å²) in [4.78, 5) is 27.1. The van der Waals surface area contributed by atoms with Crippen molar-refractivity contribution in [2.24, 2.45) is 0 Å². The number of nitrogens with zero attached hydrogens (tertiary/aromatic N) is 1. The minimum Gasteiger partial charge on any atom is -0.497 e. The molecule has 0 bridgehead atoms. The van der Waals surface area contributed by atoms with Gasteiger partial charge >= 0.3 is 5.97 Å². The largest absolute Gasteiger partial charge is 0.497 e. The Morgan fingerprint density at radius 1 is 0.778 bits per heavy atom. The maximum Gasteiger partial charge on any atom is 0.355 e. The first-order chi connectivity index (χ1) is 17.4. The van der Waals surface area contributed by atoms with Crippen LogP contribution in [0, 0.1) is 0 Å². The van der Waals surface area contributed by atoms with Crippen LogP contribution in [-0.2, 0) is 4.74 Å². The Balaban J connectivity index is 2.26. The van der Waals surface area contributed by atoms with Gasteiger partial charge in [-0.2, -0.15) is 0 Å². The van der Waals surface area contributed by atoms with E-state index in [0.717, 1.165) is 0 Å². The molecule has 9 nitrogen and oxygen atoms in total. The summed E-state index contributed by atoms with van der Waals surface area (Å²) in [6.07, 6.45) is 0. The highest BCUT2D eigenvalue weighted by Gasteiger charge is 2.27. The van der Waals surface area contributed by atoms with Crippen molar-refractivity contribution >= 4 is 22.4 Å². The van der Waals surface area contributed by atoms with Crippen molar-refractivity contribution in [1.82, 2.24) is 4.57 Å². The summed E-state index contributed by atoms with van der Waals surface area (Å²) in [5.74, 6) is 0.944. The lowest BCUT2D eigenvalue weighted by Gasteiger charge is -2.21. The van der Waals surface area contributed by atoms with E-state index in [4.69, 9.17) is 29.4 Å². The van der Waals surface area contributed by atoms with Crippen LogP contribution in [0.3, 0.4) is 0 Å². The Morgan fingerprint density at radius 2 is 1.42 bits per heavy atom. The minimum absolute atomic E-state index is 0.0160. The van der Waals surface area contributed by atoms with Crippen molar-refractivity contribution in [3.05, 3.63) is 70.6 Å². The van der Waals surface area contributed by atoms with E-state index in [1.807, 2.05) is 0 Å². The van der Waals surface area contributed by atoms with Crippen LogP contribution < -0.4 is 30.2 Å². The third-order valence-corrected chi connectivity index (χ3v) is 5.87. The lowest BCUT2D eigenvalue weighted by molar-refractivity contribution is 0.0591. The van der Waals surface area contributed by atoms with Gasteiger partial charge in [0.15, 0.2) is 11.5 Å². The molecule has 1 heterocycles. The fourth-order valence-corrected chi connectivity index (χ4v) is 4.18. The summed E-state index contributed by atoms with van der Waals surface area (Å²) in [7, 11) is 7.28. The highest BCUT2D eigenvalue weighted by atomic mass is 16.5. The Hall–Kier alpha value is -4.66. The number of nitrogen functional groups attached to an aromatic ring is 1. The van der Waals surface area contributed by atoms with E-state index in [1.165, 1.54) is 40.1 Å². The molecule has 36 heavy (non-hydrogen) atoms. The Kier molecular flexibility index (Phi) is 6.73. The molecule has 0 fully saturated rings. The standard InChI is InChI=1S/C27H26N2O7/c1-32-18-10-11-19-20(14-18)23(15-12-21(33-2)25(35-4)22(13-15)34-3)24(27(31)36-5)29(26(19)30)17-8-6-16(28)7-9-17/h6-14H,28H2,1-5H3. The fourth-order valence-electron chi connectivity index (χ4n) is 4.18. The van der Waals surface area contributed by atoms with E-state index in [9.17, 15) is 9.59 Å². The molecule has 2 N–H and O–H groups in total. The van der Waals surface area contributed by atoms with Crippen molar-refractivity contribution in [3.63, 3.8) is 0 Å². The molecule has 0 amide bonds. The molecule has 4 rings (SSSR count). The van der Waals surface area contributed by atoms with Crippen LogP contribution >= 0.6 is 0 Å². The molecule has 4 aromatic rings. The maximum atomic E-state index is 13.8. The molecule has 0 unspecified atom stereocenters. The molecule has 0 radical (unpaired) electrons. The van der Waals surface area contributed by atoms with Gasteiger partial charge in [0.05, 0.1) is 35.5 Å². The van der Waals surface area contributed by atoms with E-state index in [0.29, 0.717) is 56.3 Å². The van der Waals surface area contributed by atoms with Crippen LogP contribution in [0.2, 0.25) is 0 Å². The van der Waals surface area contributed by atoms with Crippen LogP contribution in [-0.4, -0.2) is 46.1 Å². The van der Waals surface area contributed by atoms with Crippen molar-refractivity contribution in [2.75, 3.05) is 41.3 Å². The smallest absolute Gasteiger partial charge is 0.355 e. The van der Waals surface area contributed by atoms with Crippen molar-refractivity contribution in [3.8, 4) is 39.8 Å². The molecule has 0 saturated carbocycles. The number of fused-ring (bicyclic) bond motifs is 1. The average Bonchev–Trinajstić information content (AvgIpc) is 2.91. The normalized spacial score (nSPS) is 10.7. The van der Waals surface area contributed by atoms with Gasteiger partial charge in [-0.15, -0.1) is 0 Å². The van der Waals surface area contributed by atoms with Gasteiger partial charge in [0.1, 0.15) is 11.4 Å². The third kappa shape index (κ3) is 4.04. The quantitative estimate of drug-likeness (QED) is 0.305. The number of carbonyl (C=O) groups excluding carboxylic acids is 1. The molecule has 3 aromatic carbocycles. The zero-order valence-corrected chi connectivity index (χ0v) is 20.6. The number of methoxy groups -OCH3 is 5. The summed E-state index contributed by atoms with van der Waals surface area (Å²) in [6.45, 7) is 0. The molecular formula is C27H26N2O7. The summed E-state index contributed by atoms with van der Waals surface area (Å²) < 4.78 is 28.5. The van der Waals surface area contributed by atoms with Gasteiger partial charge in [-0.05, 0) is 60.2 Å². The first kappa shape index (κ1) is 24.5. The van der Waals surface area contributed by atoms with Gasteiger partial charge in [-0.1, -0.05) is 0 Å². The second-order valence-electron chi connectivity index (χ2n) is 7.77. The van der Waals surface area contributed by atoms with Gasteiger partial charge in [-0.3, -0.25) is 9.36 Å². The summed E-state index contributed by atoms with van der Waals surface area (Å²) in [5.41, 5.74) is 7.39. The molecule has 0 spiro atoms. The number of esters is 1. The minimum atomic E-state index is -0.711. The number of hydrogen-bond donors (Lipinski definition) is 1. The number of anilines is 1. The predicted molar refractivity (Wildman–Crippen MR) is 137 cm³/mol. The zero-order chi connectivity index (χ0) is 26.0. The Morgan fingerprint density at radius 3 is 1.94 bits per heavy atom. The predicted octanol–water partition coefficient (Wildman–Crippen LogP) is 4.06. The van der Waals surface area contributed by atoms with Crippen molar-refractivity contribution in [1.29, 1.82) is 0 Å². The van der Waals surface area contributed by atoms with Crippen molar-refractivity contribution in [2.45, 2.75) is 0 Å². The van der Waals surface area contributed by atoms with Gasteiger partial charge < -0.3 is 29.4 Å². The van der Waals surface area contributed by atoms with E-state index in [-0.39, 0.29) is 5.69 Å². The number of benzene rings is 3. The first-order valence-electron chi connectivity index (χ1n) is 10.9. The summed E-state index contributed by atoms with van der Waals surface area (Å²) in [6, 6.07) is 15.1. The highest BCUT2D eigenvalue weighted by Crippen LogP contribution is 2.44. The number of ether oxygens (including phenoxy) is 5. The maximum absolute atomic E-state index is 13.8. The Bertz CT molecular complexity index is 1480. The highest BCUT2D eigenvalue weighted by molar-refractivity contribution is 6.08. The molecule has 0 aliphatic heterocycles. The SMILES string of the molecule is COC(=O)c1c(-c2cc(OC)c(OC)c(OC)c2)c2cc(OC)ccc2c(=O)n1-c1ccc(N)cc1. The summed E-state index contributed by atoms with van der Waals surface area (Å²) in [5, 5.41) is 0.852. The van der Waals surface area contributed by atoms with E-state index in [1.54, 1.807) is 54.6 Å². The topological polar surface area (TPSA) is 111 Å². The van der Waals surface area contributed by atoms with Gasteiger partial charge in [0.2, 0.25) is 5.75 Å². The molecule has 0 atom stereocenters. The fraction of sp³-hybridized carbons (Fsp3) is 0.185. The number of aromatic nitrogens is 1. The molecule has 0 aliphatic carbocycles. The monoisotopic (exact) mass is 490 g/mol. The number of nitrogens with two attached hydrogens (primary N) is 1. The van der Waals surface area contributed by atoms with Gasteiger partial charge in [0, 0.05) is 27.7 Å². The second kappa shape index (κ2) is 9.91. The lowest BCUT2D eigenvalue weighted by atomic mass is 9.95. The number of pyridine rings is 1. The number of rotatable bonds is 7. The molecule has 0 aliphatic rings. The first-order valence-corrected chi connectivity index (χ1v) is 10.9. The number of carbonyl (C=O) groups is 1. The summed E-state index contributed by atoms with van der Waals surface area (Å²) >= 11 is 0. The van der Waals surface area contributed by atoms with Crippen molar-refractivity contribution < 1.29 is 28.5 Å². The zero-order valence-electron chi connectivity index (χ0n) is 20.6. The molecule has 1 aromatic heterocycles. The molecule has 186 valence electrons. The van der Waals surface area contributed by atoms with Crippen LogP contribution in [0.1, 0.15) is 10.5 Å². The number of hydrogen-bond acceptors (Lipinski definition) is 8. The van der Waals surface area contributed by atoms with E-state index < -0.39 is 11.5 Å². The van der Waals surface area contributed by atoms with Gasteiger partial charge in [0.25, 0.3) is 5.56 Å². The van der Waals surface area contributed by atoms with E-state index >= 15 is 0 Å². The third-order valence-electron chi connectivity index (χ3n) is 5.87. The van der Waals surface area contributed by atoms with Crippen LogP contribution in [0.25, 0.3) is 27.6 Å². The second-order valence-corrected chi connectivity index (χ2v) is 7.77. The molecule has 9 heteroatoms. The van der Waals surface area contributed by atoms with Crippen LogP contribution in [0.4, 0.5) is 5.69 Å². The van der Waals surface area contributed by atoms with Crippen LogP contribution in [0.15, 0.2) is 59.4 Å². The van der Waals surface area contributed by atoms with Gasteiger partial charge in [-0.25, -0.2) is 4.79 Å². The lowest BCUT2D eigenvalue weighted by Crippen LogP contribution is -2.27. The van der Waals surface area contributed by atoms with E-state index in [2.05, 4.69) is 0 Å². The molecule has 0 saturated heterocycles. The molecular weight excluding hydrogens is 464 g/mol.